The number of pyridine rings is 1. The minimum atomic E-state index is -0.158. The molecule has 4 nitrogen and oxygen atoms in total. The molecular formula is C17H22N2O2. The molecular weight excluding hydrogens is 264 g/mol. The van der Waals surface area contributed by atoms with Crippen molar-refractivity contribution in [3.8, 4) is 11.8 Å². The van der Waals surface area contributed by atoms with Crippen molar-refractivity contribution in [1.29, 1.82) is 0 Å². The zero-order valence-electron chi connectivity index (χ0n) is 12.3. The van der Waals surface area contributed by atoms with E-state index in [1.54, 1.807) is 18.3 Å². The van der Waals surface area contributed by atoms with E-state index in [2.05, 4.69) is 22.1 Å². The van der Waals surface area contributed by atoms with E-state index in [4.69, 9.17) is 5.11 Å². The average molecular weight is 286 g/mol. The predicted octanol–water partition coefficient (Wildman–Crippen LogP) is 2.13. The molecule has 112 valence electrons. The maximum atomic E-state index is 12.3. The van der Waals surface area contributed by atoms with Crippen molar-refractivity contribution in [2.24, 2.45) is 5.92 Å². The molecule has 0 aliphatic heterocycles. The summed E-state index contributed by atoms with van der Waals surface area (Å²) in [6, 6.07) is 3.55. The van der Waals surface area contributed by atoms with Crippen LogP contribution in [0.2, 0.25) is 0 Å². The van der Waals surface area contributed by atoms with E-state index in [1.807, 2.05) is 0 Å². The molecule has 1 aliphatic carbocycles. The molecule has 2 rings (SSSR count). The number of hydrogen-bond donors (Lipinski definition) is 2. The van der Waals surface area contributed by atoms with Crippen molar-refractivity contribution in [1.82, 2.24) is 10.3 Å². The Morgan fingerprint density at radius 1 is 1.38 bits per heavy atom. The van der Waals surface area contributed by atoms with Crippen LogP contribution in [0.5, 0.6) is 0 Å². The fraction of sp³-hybridized carbons (Fsp3) is 0.529. The molecule has 1 aromatic heterocycles. The standard InChI is InChI=1S/C17H22N2O2/c20-12-5-4-9-15-10-6-11-18-16(15)17(21)19-13-14-7-2-1-3-8-14/h6,10-11,14,20H,1-3,5,7-8,12-13H2,(H,19,21). The summed E-state index contributed by atoms with van der Waals surface area (Å²) in [6.45, 7) is 0.745. The maximum absolute atomic E-state index is 12.3. The maximum Gasteiger partial charge on any atom is 0.271 e. The monoisotopic (exact) mass is 286 g/mol. The van der Waals surface area contributed by atoms with Crippen molar-refractivity contribution in [3.05, 3.63) is 29.6 Å². The number of nitrogens with zero attached hydrogens (tertiary/aromatic N) is 1. The van der Waals surface area contributed by atoms with Gasteiger partial charge in [0.15, 0.2) is 0 Å². The molecule has 2 N–H and O–H groups in total. The Hall–Kier alpha value is -1.86. The van der Waals surface area contributed by atoms with Gasteiger partial charge in [-0.2, -0.15) is 0 Å². The Morgan fingerprint density at radius 2 is 2.19 bits per heavy atom. The zero-order chi connectivity index (χ0) is 14.9. The topological polar surface area (TPSA) is 62.2 Å². The lowest BCUT2D eigenvalue weighted by molar-refractivity contribution is 0.0938. The number of carbonyl (C=O) groups is 1. The molecule has 0 unspecified atom stereocenters. The lowest BCUT2D eigenvalue weighted by atomic mass is 9.89. The minimum absolute atomic E-state index is 0.0243. The molecule has 0 aromatic carbocycles. The van der Waals surface area contributed by atoms with E-state index < -0.39 is 0 Å². The average Bonchev–Trinajstić information content (AvgIpc) is 2.54. The van der Waals surface area contributed by atoms with E-state index in [1.165, 1.54) is 32.1 Å². The van der Waals surface area contributed by atoms with Crippen LogP contribution < -0.4 is 5.32 Å². The van der Waals surface area contributed by atoms with Gasteiger partial charge in [0.2, 0.25) is 0 Å². The van der Waals surface area contributed by atoms with E-state index in [0.29, 0.717) is 23.6 Å². The Morgan fingerprint density at radius 3 is 2.95 bits per heavy atom. The quantitative estimate of drug-likeness (QED) is 0.833. The second-order valence-electron chi connectivity index (χ2n) is 5.39. The van der Waals surface area contributed by atoms with Crippen LogP contribution in [0.15, 0.2) is 18.3 Å². The van der Waals surface area contributed by atoms with Gasteiger partial charge in [0.05, 0.1) is 12.2 Å². The van der Waals surface area contributed by atoms with Crippen molar-refractivity contribution < 1.29 is 9.90 Å². The van der Waals surface area contributed by atoms with Crippen LogP contribution in [-0.2, 0) is 0 Å². The lowest BCUT2D eigenvalue weighted by Gasteiger charge is -2.21. The van der Waals surface area contributed by atoms with Gasteiger partial charge in [-0.3, -0.25) is 4.79 Å². The number of aliphatic hydroxyl groups is 1. The summed E-state index contributed by atoms with van der Waals surface area (Å²) in [5.74, 6) is 6.17. The Labute approximate surface area is 126 Å². The fourth-order valence-corrected chi connectivity index (χ4v) is 2.61. The van der Waals surface area contributed by atoms with E-state index in [0.717, 1.165) is 6.54 Å². The van der Waals surface area contributed by atoms with Gasteiger partial charge in [-0.05, 0) is 30.9 Å². The summed E-state index contributed by atoms with van der Waals surface area (Å²) in [4.78, 5) is 16.4. The first-order valence-electron chi connectivity index (χ1n) is 7.64. The van der Waals surface area contributed by atoms with Crippen LogP contribution in [-0.4, -0.2) is 29.1 Å². The van der Waals surface area contributed by atoms with Crippen LogP contribution in [0.3, 0.4) is 0 Å². The third-order valence-corrected chi connectivity index (χ3v) is 3.76. The normalized spacial score (nSPS) is 15.1. The number of rotatable bonds is 4. The highest BCUT2D eigenvalue weighted by Gasteiger charge is 2.16. The fourth-order valence-electron chi connectivity index (χ4n) is 2.61. The number of aliphatic hydroxyl groups excluding tert-OH is 1. The Bertz CT molecular complexity index is 525. The SMILES string of the molecule is O=C(NCC1CCCCC1)c1ncccc1C#CCCO. The largest absolute Gasteiger partial charge is 0.395 e. The molecule has 1 saturated carbocycles. The minimum Gasteiger partial charge on any atom is -0.395 e. The van der Waals surface area contributed by atoms with Crippen molar-refractivity contribution in [3.63, 3.8) is 0 Å². The third kappa shape index (κ3) is 4.87. The Kier molecular flexibility index (Phi) is 6.23. The molecule has 0 radical (unpaired) electrons. The van der Waals surface area contributed by atoms with Crippen molar-refractivity contribution >= 4 is 5.91 Å². The molecule has 1 amide bonds. The van der Waals surface area contributed by atoms with Gasteiger partial charge in [0.25, 0.3) is 5.91 Å². The summed E-state index contributed by atoms with van der Waals surface area (Å²) >= 11 is 0. The predicted molar refractivity (Wildman–Crippen MR) is 81.7 cm³/mol. The van der Waals surface area contributed by atoms with Gasteiger partial charge in [-0.25, -0.2) is 4.98 Å². The molecule has 0 saturated heterocycles. The van der Waals surface area contributed by atoms with E-state index in [-0.39, 0.29) is 12.5 Å². The second-order valence-corrected chi connectivity index (χ2v) is 5.39. The lowest BCUT2D eigenvalue weighted by Crippen LogP contribution is -2.31. The summed E-state index contributed by atoms with van der Waals surface area (Å²) in [7, 11) is 0. The smallest absolute Gasteiger partial charge is 0.271 e. The highest BCUT2D eigenvalue weighted by Crippen LogP contribution is 2.22. The van der Waals surface area contributed by atoms with Gasteiger partial charge in [0, 0.05) is 19.2 Å². The summed E-state index contributed by atoms with van der Waals surface area (Å²) in [6.07, 6.45) is 8.25. The van der Waals surface area contributed by atoms with Crippen molar-refractivity contribution in [2.75, 3.05) is 13.2 Å². The molecule has 0 spiro atoms. The summed E-state index contributed by atoms with van der Waals surface area (Å²) in [5.41, 5.74) is 0.992. The van der Waals surface area contributed by atoms with Crippen molar-refractivity contribution in [2.45, 2.75) is 38.5 Å². The van der Waals surface area contributed by atoms with Gasteiger partial charge in [-0.15, -0.1) is 0 Å². The van der Waals surface area contributed by atoms with Crippen LogP contribution in [0, 0.1) is 17.8 Å². The third-order valence-electron chi connectivity index (χ3n) is 3.76. The van der Waals surface area contributed by atoms with Crippen LogP contribution >= 0.6 is 0 Å². The molecule has 1 aliphatic rings. The highest BCUT2D eigenvalue weighted by atomic mass is 16.2. The first-order chi connectivity index (χ1) is 10.3. The summed E-state index contributed by atoms with van der Waals surface area (Å²) in [5, 5.41) is 11.7. The van der Waals surface area contributed by atoms with Crippen LogP contribution in [0.25, 0.3) is 0 Å². The molecule has 21 heavy (non-hydrogen) atoms. The molecule has 0 bridgehead atoms. The number of carbonyl (C=O) groups excluding carboxylic acids is 1. The van der Waals surface area contributed by atoms with Gasteiger partial charge >= 0.3 is 0 Å². The van der Waals surface area contributed by atoms with E-state index >= 15 is 0 Å². The number of hydrogen-bond acceptors (Lipinski definition) is 3. The summed E-state index contributed by atoms with van der Waals surface area (Å²) < 4.78 is 0. The first-order valence-corrected chi connectivity index (χ1v) is 7.64. The van der Waals surface area contributed by atoms with Crippen LogP contribution in [0.4, 0.5) is 0 Å². The first kappa shape index (κ1) is 15.5. The molecule has 1 heterocycles. The second kappa shape index (κ2) is 8.43. The number of amides is 1. The van der Waals surface area contributed by atoms with E-state index in [9.17, 15) is 4.79 Å². The molecule has 0 atom stereocenters. The van der Waals surface area contributed by atoms with Crippen LogP contribution in [0.1, 0.15) is 54.6 Å². The zero-order valence-corrected chi connectivity index (χ0v) is 12.3. The highest BCUT2D eigenvalue weighted by molar-refractivity contribution is 5.94. The van der Waals surface area contributed by atoms with Gasteiger partial charge in [0.1, 0.15) is 5.69 Å². The van der Waals surface area contributed by atoms with Gasteiger partial charge < -0.3 is 10.4 Å². The Balaban J connectivity index is 1.96. The molecule has 1 fully saturated rings. The molecule has 4 heteroatoms. The van der Waals surface area contributed by atoms with Gasteiger partial charge in [-0.1, -0.05) is 31.1 Å². The number of aromatic nitrogens is 1. The number of nitrogens with one attached hydrogen (secondary N) is 1. The molecule has 1 aromatic rings.